The summed E-state index contributed by atoms with van der Waals surface area (Å²) < 4.78 is 1.77. The van der Waals surface area contributed by atoms with Gasteiger partial charge < -0.3 is 15.5 Å². The van der Waals surface area contributed by atoms with Crippen molar-refractivity contribution in [1.29, 1.82) is 0 Å². The number of nitrogens with one attached hydrogen (secondary N) is 1. The maximum absolute atomic E-state index is 10.3. The lowest BCUT2D eigenvalue weighted by molar-refractivity contribution is 0.0313. The van der Waals surface area contributed by atoms with Crippen LogP contribution in [0.2, 0.25) is 5.28 Å². The van der Waals surface area contributed by atoms with Gasteiger partial charge in [-0.15, -0.1) is 11.8 Å². The van der Waals surface area contributed by atoms with Crippen molar-refractivity contribution in [2.75, 3.05) is 11.1 Å². The topological polar surface area (TPSA) is 96.1 Å². The Morgan fingerprint density at radius 2 is 2.07 bits per heavy atom. The summed E-state index contributed by atoms with van der Waals surface area (Å²) in [6.07, 6.45) is 3.19. The van der Waals surface area contributed by atoms with Crippen LogP contribution in [0.4, 0.5) is 5.82 Å². The van der Waals surface area contributed by atoms with Gasteiger partial charge in [0.15, 0.2) is 17.0 Å². The van der Waals surface area contributed by atoms with Gasteiger partial charge in [0.05, 0.1) is 18.5 Å². The highest BCUT2D eigenvalue weighted by molar-refractivity contribution is 7.99. The van der Waals surface area contributed by atoms with E-state index in [1.54, 1.807) is 10.9 Å². The molecule has 7 nitrogen and oxygen atoms in total. The van der Waals surface area contributed by atoms with E-state index in [1.807, 2.05) is 0 Å². The first-order valence-electron chi connectivity index (χ1n) is 9.34. The van der Waals surface area contributed by atoms with Crippen LogP contribution >= 0.6 is 23.4 Å². The number of hydrogen-bond acceptors (Lipinski definition) is 7. The molecule has 0 saturated carbocycles. The van der Waals surface area contributed by atoms with Gasteiger partial charge in [-0.3, -0.25) is 4.57 Å². The van der Waals surface area contributed by atoms with Gasteiger partial charge in [-0.1, -0.05) is 24.3 Å². The number of nitrogens with zero attached hydrogens (tertiary/aromatic N) is 4. The summed E-state index contributed by atoms with van der Waals surface area (Å²) in [5.41, 5.74) is 3.80. The second-order valence-electron chi connectivity index (χ2n) is 7.24. The second kappa shape index (κ2) is 7.18. The van der Waals surface area contributed by atoms with Crippen LogP contribution in [0.5, 0.6) is 0 Å². The molecule has 3 aromatic rings. The average molecular weight is 418 g/mol. The van der Waals surface area contributed by atoms with Crippen molar-refractivity contribution >= 4 is 40.3 Å². The molecule has 2 aliphatic rings. The molecule has 1 aliphatic heterocycles. The molecule has 3 N–H and O–H groups in total. The van der Waals surface area contributed by atoms with Crippen molar-refractivity contribution in [3.63, 3.8) is 0 Å². The minimum Gasteiger partial charge on any atom is -0.389 e. The number of aromatic nitrogens is 4. The highest BCUT2D eigenvalue weighted by Gasteiger charge is 2.36. The fourth-order valence-electron chi connectivity index (χ4n) is 4.07. The summed E-state index contributed by atoms with van der Waals surface area (Å²) in [7, 11) is 0. The number of thioether (sulfide) groups is 1. The molecule has 1 saturated heterocycles. The summed E-state index contributed by atoms with van der Waals surface area (Å²) >= 11 is 7.69. The smallest absolute Gasteiger partial charge is 0.226 e. The molecule has 0 bridgehead atoms. The molecule has 2 aromatic heterocycles. The number of aliphatic hydroxyl groups excluding tert-OH is 2. The van der Waals surface area contributed by atoms with Crippen molar-refractivity contribution in [3.8, 4) is 0 Å². The molecule has 1 fully saturated rings. The van der Waals surface area contributed by atoms with E-state index >= 15 is 0 Å². The van der Waals surface area contributed by atoms with Crippen LogP contribution in [-0.2, 0) is 6.42 Å². The first-order valence-corrected chi connectivity index (χ1v) is 10.8. The van der Waals surface area contributed by atoms with Gasteiger partial charge in [0, 0.05) is 5.75 Å². The van der Waals surface area contributed by atoms with E-state index in [2.05, 4.69) is 44.5 Å². The molecule has 5 rings (SSSR count). The van der Waals surface area contributed by atoms with Crippen molar-refractivity contribution in [1.82, 2.24) is 19.5 Å². The van der Waals surface area contributed by atoms with Crippen LogP contribution in [0.1, 0.15) is 35.4 Å². The minimum absolute atomic E-state index is 0.124. The van der Waals surface area contributed by atoms with Gasteiger partial charge in [0.1, 0.15) is 11.5 Å². The van der Waals surface area contributed by atoms with Gasteiger partial charge in [-0.05, 0) is 42.0 Å². The lowest BCUT2D eigenvalue weighted by atomic mass is 9.88. The zero-order valence-electron chi connectivity index (χ0n) is 15.0. The number of fused-ring (bicyclic) bond motifs is 2. The van der Waals surface area contributed by atoms with Crippen LogP contribution in [0.25, 0.3) is 11.2 Å². The van der Waals surface area contributed by atoms with E-state index < -0.39 is 12.2 Å². The molecule has 146 valence electrons. The Labute approximate surface area is 171 Å². The van der Waals surface area contributed by atoms with E-state index in [4.69, 9.17) is 11.6 Å². The van der Waals surface area contributed by atoms with Crippen LogP contribution in [0.3, 0.4) is 0 Å². The first kappa shape index (κ1) is 18.2. The predicted molar refractivity (Wildman–Crippen MR) is 110 cm³/mol. The van der Waals surface area contributed by atoms with Crippen LogP contribution in [0, 0.1) is 0 Å². The van der Waals surface area contributed by atoms with E-state index in [1.165, 1.54) is 22.9 Å². The SMILES string of the molecule is O[C@@H]1[C@H](O)CS[C@H]1n1cnc2c(N[C@@H]3CCCc4ccccc43)nc(Cl)nc21. The maximum Gasteiger partial charge on any atom is 0.226 e. The Balaban J connectivity index is 1.53. The number of benzene rings is 1. The van der Waals surface area contributed by atoms with Crippen LogP contribution in [0.15, 0.2) is 30.6 Å². The zero-order chi connectivity index (χ0) is 19.3. The lowest BCUT2D eigenvalue weighted by Crippen LogP contribution is -2.27. The molecule has 0 spiro atoms. The Hall–Kier alpha value is -1.87. The summed E-state index contributed by atoms with van der Waals surface area (Å²) in [5, 5.41) is 23.5. The summed E-state index contributed by atoms with van der Waals surface area (Å²) in [6.45, 7) is 0. The molecule has 0 unspecified atom stereocenters. The molecular weight excluding hydrogens is 398 g/mol. The summed E-state index contributed by atoms with van der Waals surface area (Å²) in [4.78, 5) is 13.2. The average Bonchev–Trinajstić information content (AvgIpc) is 3.25. The molecular formula is C19H20ClN5O2S. The largest absolute Gasteiger partial charge is 0.389 e. The first-order chi connectivity index (χ1) is 13.6. The zero-order valence-corrected chi connectivity index (χ0v) is 16.6. The number of anilines is 1. The third kappa shape index (κ3) is 3.04. The van der Waals surface area contributed by atoms with Crippen molar-refractivity contribution in [2.24, 2.45) is 0 Å². The number of halogens is 1. The molecule has 4 atom stereocenters. The van der Waals surface area contributed by atoms with E-state index in [0.717, 1.165) is 19.3 Å². The lowest BCUT2D eigenvalue weighted by Gasteiger charge is -2.26. The Morgan fingerprint density at radius 3 is 2.89 bits per heavy atom. The van der Waals surface area contributed by atoms with Crippen molar-refractivity contribution in [2.45, 2.75) is 42.9 Å². The number of aliphatic hydroxyl groups is 2. The van der Waals surface area contributed by atoms with Crippen LogP contribution < -0.4 is 5.32 Å². The monoisotopic (exact) mass is 417 g/mol. The quantitative estimate of drug-likeness (QED) is 0.564. The number of imidazole rings is 1. The predicted octanol–water partition coefficient (Wildman–Crippen LogP) is 2.94. The fraction of sp³-hybridized carbons (Fsp3) is 0.421. The van der Waals surface area contributed by atoms with Gasteiger partial charge in [-0.25, -0.2) is 4.98 Å². The van der Waals surface area contributed by atoms with Gasteiger partial charge >= 0.3 is 0 Å². The Morgan fingerprint density at radius 1 is 1.21 bits per heavy atom. The number of aryl methyl sites for hydroxylation is 1. The molecule has 9 heteroatoms. The Bertz CT molecular complexity index is 1030. The number of rotatable bonds is 3. The van der Waals surface area contributed by atoms with Gasteiger partial charge in [-0.2, -0.15) is 9.97 Å². The van der Waals surface area contributed by atoms with Crippen LogP contribution in [-0.4, -0.2) is 47.7 Å². The summed E-state index contributed by atoms with van der Waals surface area (Å²) in [6, 6.07) is 8.58. The van der Waals surface area contributed by atoms with Gasteiger partial charge in [0.25, 0.3) is 0 Å². The molecule has 0 radical (unpaired) electrons. The fourth-order valence-corrected chi connectivity index (χ4v) is 5.52. The number of hydrogen-bond donors (Lipinski definition) is 3. The molecule has 1 aliphatic carbocycles. The maximum atomic E-state index is 10.3. The molecule has 28 heavy (non-hydrogen) atoms. The molecule has 0 amide bonds. The normalized spacial score (nSPS) is 27.1. The third-order valence-corrected chi connectivity index (χ3v) is 7.02. The molecule has 3 heterocycles. The highest BCUT2D eigenvalue weighted by Crippen LogP contribution is 2.39. The van der Waals surface area contributed by atoms with Crippen molar-refractivity contribution < 1.29 is 10.2 Å². The second-order valence-corrected chi connectivity index (χ2v) is 8.72. The third-order valence-electron chi connectivity index (χ3n) is 5.47. The Kier molecular flexibility index (Phi) is 4.66. The van der Waals surface area contributed by atoms with Gasteiger partial charge in [0.2, 0.25) is 5.28 Å². The van der Waals surface area contributed by atoms with Crippen molar-refractivity contribution in [3.05, 3.63) is 47.0 Å². The van der Waals surface area contributed by atoms with E-state index in [-0.39, 0.29) is 16.7 Å². The van der Waals surface area contributed by atoms with E-state index in [0.29, 0.717) is 22.7 Å². The highest BCUT2D eigenvalue weighted by atomic mass is 35.5. The minimum atomic E-state index is -0.877. The molecule has 1 aromatic carbocycles. The van der Waals surface area contributed by atoms with E-state index in [9.17, 15) is 10.2 Å². The standard InChI is InChI=1S/C19H20ClN5O2S/c20-19-23-16(22-12-7-3-5-10-4-1-2-6-11(10)12)14-17(24-19)25(9-21-14)18-15(27)13(26)8-28-18/h1-2,4,6,9,12-13,15,18,26-27H,3,5,7-8H2,(H,22,23,24)/t12-,13-,15-,18-/m1/s1. The summed E-state index contributed by atoms with van der Waals surface area (Å²) in [5.74, 6) is 1.06.